The second-order valence-corrected chi connectivity index (χ2v) is 6.70. The third-order valence-corrected chi connectivity index (χ3v) is 5.38. The van der Waals surface area contributed by atoms with Crippen LogP contribution in [0.2, 0.25) is 0 Å². The zero-order valence-corrected chi connectivity index (χ0v) is 11.6. The fourth-order valence-corrected chi connectivity index (χ4v) is 4.22. The van der Waals surface area contributed by atoms with Gasteiger partial charge in [0.2, 0.25) is 11.8 Å². The summed E-state index contributed by atoms with van der Waals surface area (Å²) in [4.78, 5) is 28.7. The number of fused-ring (bicyclic) bond motifs is 1. The first-order valence-electron chi connectivity index (χ1n) is 6.46. The molecule has 19 heavy (non-hydrogen) atoms. The van der Waals surface area contributed by atoms with Crippen molar-refractivity contribution in [2.24, 2.45) is 0 Å². The van der Waals surface area contributed by atoms with Gasteiger partial charge in [-0.3, -0.25) is 9.59 Å². The highest BCUT2D eigenvalue weighted by Crippen LogP contribution is 2.47. The van der Waals surface area contributed by atoms with Crippen LogP contribution in [0.1, 0.15) is 25.3 Å². The number of hydrogen-bond acceptors (Lipinski definition) is 3. The van der Waals surface area contributed by atoms with Crippen molar-refractivity contribution in [3.05, 3.63) is 24.0 Å². The van der Waals surface area contributed by atoms with Gasteiger partial charge in [0, 0.05) is 31.1 Å². The van der Waals surface area contributed by atoms with E-state index in [2.05, 4.69) is 17.2 Å². The zero-order valence-electron chi connectivity index (χ0n) is 10.8. The summed E-state index contributed by atoms with van der Waals surface area (Å²) in [5.41, 5.74) is 1.04. The second-order valence-electron chi connectivity index (χ2n) is 5.20. The number of amides is 2. The summed E-state index contributed by atoms with van der Waals surface area (Å²) < 4.78 is 0. The standard InChI is InChI=1S/C13H17N3O2S/c1-13-4-2-11(17)16(13)10(8-19-13)12(18)15-7-9-3-5-14-6-9/h3,5-6,10,14H,2,4,7-8H2,1H3,(H,15,18). The molecule has 2 amide bonds. The summed E-state index contributed by atoms with van der Waals surface area (Å²) in [7, 11) is 0. The summed E-state index contributed by atoms with van der Waals surface area (Å²) in [5.74, 6) is 0.753. The molecule has 2 unspecified atom stereocenters. The summed E-state index contributed by atoms with van der Waals surface area (Å²) >= 11 is 1.72. The minimum atomic E-state index is -0.316. The Hall–Kier alpha value is -1.43. The molecule has 0 bridgehead atoms. The highest BCUT2D eigenvalue weighted by Gasteiger charge is 2.52. The van der Waals surface area contributed by atoms with Gasteiger partial charge in [0.1, 0.15) is 6.04 Å². The van der Waals surface area contributed by atoms with Gasteiger partial charge < -0.3 is 15.2 Å². The van der Waals surface area contributed by atoms with Crippen LogP contribution in [0.5, 0.6) is 0 Å². The van der Waals surface area contributed by atoms with E-state index in [0.29, 0.717) is 18.7 Å². The monoisotopic (exact) mass is 279 g/mol. The summed E-state index contributed by atoms with van der Waals surface area (Å²) in [6.45, 7) is 2.56. The Balaban J connectivity index is 1.66. The number of rotatable bonds is 3. The van der Waals surface area contributed by atoms with Gasteiger partial charge in [0.15, 0.2) is 0 Å². The van der Waals surface area contributed by atoms with E-state index in [9.17, 15) is 9.59 Å². The average Bonchev–Trinajstić information content (AvgIpc) is 3.06. The van der Waals surface area contributed by atoms with E-state index in [1.807, 2.05) is 18.5 Å². The molecular formula is C13H17N3O2S. The lowest BCUT2D eigenvalue weighted by molar-refractivity contribution is -0.138. The van der Waals surface area contributed by atoms with Gasteiger partial charge in [-0.2, -0.15) is 0 Å². The molecule has 0 spiro atoms. The van der Waals surface area contributed by atoms with Crippen LogP contribution in [0.4, 0.5) is 0 Å². The molecule has 0 aromatic carbocycles. The largest absolute Gasteiger partial charge is 0.367 e. The smallest absolute Gasteiger partial charge is 0.243 e. The molecule has 2 fully saturated rings. The highest BCUT2D eigenvalue weighted by molar-refractivity contribution is 8.01. The van der Waals surface area contributed by atoms with E-state index in [1.165, 1.54) is 0 Å². The van der Waals surface area contributed by atoms with Crippen LogP contribution in [-0.2, 0) is 16.1 Å². The minimum Gasteiger partial charge on any atom is -0.367 e. The first-order chi connectivity index (χ1) is 9.10. The van der Waals surface area contributed by atoms with Gasteiger partial charge in [-0.15, -0.1) is 11.8 Å². The van der Waals surface area contributed by atoms with Crippen molar-refractivity contribution in [1.82, 2.24) is 15.2 Å². The SMILES string of the molecule is CC12CCC(=O)N1C(C(=O)NCc1cc[nH]c1)CS2. The summed E-state index contributed by atoms with van der Waals surface area (Å²) in [6.07, 6.45) is 5.09. The van der Waals surface area contributed by atoms with E-state index >= 15 is 0 Å². The lowest BCUT2D eigenvalue weighted by atomic mass is 10.2. The van der Waals surface area contributed by atoms with Crippen LogP contribution in [0.3, 0.4) is 0 Å². The van der Waals surface area contributed by atoms with Crippen LogP contribution >= 0.6 is 11.8 Å². The van der Waals surface area contributed by atoms with E-state index in [0.717, 1.165) is 12.0 Å². The maximum absolute atomic E-state index is 12.2. The van der Waals surface area contributed by atoms with Crippen LogP contribution in [0, 0.1) is 0 Å². The van der Waals surface area contributed by atoms with Gasteiger partial charge in [0.05, 0.1) is 4.87 Å². The molecule has 5 nitrogen and oxygen atoms in total. The van der Waals surface area contributed by atoms with E-state index in [4.69, 9.17) is 0 Å². The Labute approximate surface area is 116 Å². The quantitative estimate of drug-likeness (QED) is 0.870. The number of nitrogens with one attached hydrogen (secondary N) is 2. The second kappa shape index (κ2) is 4.59. The number of carbonyl (C=O) groups is 2. The van der Waals surface area contributed by atoms with Crippen molar-refractivity contribution < 1.29 is 9.59 Å². The molecule has 2 saturated heterocycles. The Morgan fingerprint density at radius 2 is 2.53 bits per heavy atom. The summed E-state index contributed by atoms with van der Waals surface area (Å²) in [5, 5.41) is 2.91. The predicted molar refractivity (Wildman–Crippen MR) is 73.4 cm³/mol. The molecule has 6 heteroatoms. The van der Waals surface area contributed by atoms with E-state index in [-0.39, 0.29) is 22.7 Å². The Kier molecular flexibility index (Phi) is 3.05. The number of hydrogen-bond donors (Lipinski definition) is 2. The van der Waals surface area contributed by atoms with Gasteiger partial charge in [0.25, 0.3) is 0 Å². The number of thioether (sulfide) groups is 1. The van der Waals surface area contributed by atoms with E-state index < -0.39 is 0 Å². The third kappa shape index (κ3) is 2.14. The molecule has 0 radical (unpaired) electrons. The molecule has 2 atom stereocenters. The fourth-order valence-electron chi connectivity index (χ4n) is 2.79. The van der Waals surface area contributed by atoms with Crippen molar-refractivity contribution in [1.29, 1.82) is 0 Å². The van der Waals surface area contributed by atoms with Gasteiger partial charge in [-0.25, -0.2) is 0 Å². The Bertz CT molecular complexity index is 502. The van der Waals surface area contributed by atoms with Crippen molar-refractivity contribution in [3.8, 4) is 0 Å². The normalized spacial score (nSPS) is 29.6. The van der Waals surface area contributed by atoms with Crippen LogP contribution in [-0.4, -0.2) is 38.4 Å². The highest BCUT2D eigenvalue weighted by atomic mass is 32.2. The molecule has 1 aromatic rings. The maximum Gasteiger partial charge on any atom is 0.243 e. The van der Waals surface area contributed by atoms with Crippen LogP contribution in [0.15, 0.2) is 18.5 Å². The Morgan fingerprint density at radius 1 is 1.68 bits per heavy atom. The first-order valence-corrected chi connectivity index (χ1v) is 7.44. The molecule has 2 N–H and O–H groups in total. The van der Waals surface area contributed by atoms with Crippen LogP contribution in [0.25, 0.3) is 0 Å². The summed E-state index contributed by atoms with van der Waals surface area (Å²) in [6, 6.07) is 1.61. The average molecular weight is 279 g/mol. The number of aromatic nitrogens is 1. The molecule has 0 aliphatic carbocycles. The third-order valence-electron chi connectivity index (χ3n) is 3.88. The zero-order chi connectivity index (χ0) is 13.5. The number of aromatic amines is 1. The van der Waals surface area contributed by atoms with Crippen molar-refractivity contribution in [2.45, 2.75) is 37.2 Å². The van der Waals surface area contributed by atoms with Crippen LogP contribution < -0.4 is 5.32 Å². The number of H-pyrrole nitrogens is 1. The van der Waals surface area contributed by atoms with Gasteiger partial charge in [-0.1, -0.05) is 0 Å². The molecule has 3 heterocycles. The number of nitrogens with zero attached hydrogens (tertiary/aromatic N) is 1. The molecule has 102 valence electrons. The first kappa shape index (κ1) is 12.6. The topological polar surface area (TPSA) is 65.2 Å². The molecular weight excluding hydrogens is 262 g/mol. The van der Waals surface area contributed by atoms with Gasteiger partial charge in [-0.05, 0) is 25.0 Å². The van der Waals surface area contributed by atoms with E-state index in [1.54, 1.807) is 16.7 Å². The molecule has 3 rings (SSSR count). The van der Waals surface area contributed by atoms with Crippen molar-refractivity contribution in [2.75, 3.05) is 5.75 Å². The minimum absolute atomic E-state index is 0.0484. The predicted octanol–water partition coefficient (Wildman–Crippen LogP) is 1.08. The number of carbonyl (C=O) groups excluding carboxylic acids is 2. The van der Waals surface area contributed by atoms with Crippen molar-refractivity contribution >= 4 is 23.6 Å². The molecule has 1 aromatic heterocycles. The molecule has 2 aliphatic rings. The molecule has 2 aliphatic heterocycles. The molecule has 0 saturated carbocycles. The van der Waals surface area contributed by atoms with Gasteiger partial charge >= 0.3 is 0 Å². The fraction of sp³-hybridized carbons (Fsp3) is 0.538. The maximum atomic E-state index is 12.2. The lowest BCUT2D eigenvalue weighted by Gasteiger charge is -2.29. The van der Waals surface area contributed by atoms with Crippen molar-refractivity contribution in [3.63, 3.8) is 0 Å². The lowest BCUT2D eigenvalue weighted by Crippen LogP contribution is -2.49. The Morgan fingerprint density at radius 3 is 3.26 bits per heavy atom.